The Morgan fingerprint density at radius 3 is 1.47 bits per heavy atom. The minimum absolute atomic E-state index is 0. The van der Waals surface area contributed by atoms with E-state index in [0.717, 1.165) is 11.1 Å². The van der Waals surface area contributed by atoms with Crippen LogP contribution in [0.4, 0.5) is 0 Å². The van der Waals surface area contributed by atoms with Crippen LogP contribution < -0.4 is 29.1 Å². The van der Waals surface area contributed by atoms with Crippen LogP contribution in [-0.4, -0.2) is 37.7 Å². The maximum Gasteiger partial charge on any atom is 0.208 e. The van der Waals surface area contributed by atoms with Gasteiger partial charge in [-0.3, -0.25) is 4.79 Å². The molecule has 0 spiro atoms. The highest BCUT2D eigenvalue weighted by atomic mass is 127. The molecule has 0 aliphatic heterocycles. The highest BCUT2D eigenvalue weighted by Gasteiger charge is 2.09. The molecule has 0 saturated carbocycles. The van der Waals surface area contributed by atoms with E-state index in [0.29, 0.717) is 11.1 Å². The number of rotatable bonds is 4. The van der Waals surface area contributed by atoms with Gasteiger partial charge in [-0.05, 0) is 51.0 Å². The summed E-state index contributed by atoms with van der Waals surface area (Å²) >= 11 is 0. The summed E-state index contributed by atoms with van der Waals surface area (Å²) in [5.41, 5.74) is 3.08. The third kappa shape index (κ3) is 11.0. The zero-order valence-corrected chi connectivity index (χ0v) is 23.5. The second kappa shape index (κ2) is 14.2. The Labute approximate surface area is 227 Å². The first-order valence-corrected chi connectivity index (χ1v) is 12.7. The molecule has 0 N–H and O–H groups in total. The largest absolute Gasteiger partial charge is 1.00 e. The molecule has 3 rings (SSSR count). The summed E-state index contributed by atoms with van der Waals surface area (Å²) in [6.45, 7) is 6.94. The maximum atomic E-state index is 10.8. The summed E-state index contributed by atoms with van der Waals surface area (Å²) in [5.74, 6) is -2.65. The molecular formula is C24H23IO9S2-4. The van der Waals surface area contributed by atoms with Crippen molar-refractivity contribution in [2.24, 2.45) is 0 Å². The van der Waals surface area contributed by atoms with E-state index in [1.54, 1.807) is 56.3 Å². The topological polar surface area (TPSA) is 172 Å². The number of carboxylic acid groups (broad SMARTS) is 1. The minimum atomic E-state index is -4.33. The van der Waals surface area contributed by atoms with Gasteiger partial charge in [0.15, 0.2) is 0 Å². The van der Waals surface area contributed by atoms with Crippen LogP contribution in [0, 0.1) is 27.7 Å². The van der Waals surface area contributed by atoms with Crippen LogP contribution in [-0.2, 0) is 25.0 Å². The first-order valence-electron chi connectivity index (χ1n) is 9.91. The minimum Gasteiger partial charge on any atom is -1.00 e. The highest BCUT2D eigenvalue weighted by molar-refractivity contribution is 7.86. The Bertz CT molecular complexity index is 1380. The van der Waals surface area contributed by atoms with E-state index in [-0.39, 0.29) is 39.3 Å². The van der Waals surface area contributed by atoms with Gasteiger partial charge >= 0.3 is 0 Å². The lowest BCUT2D eigenvalue weighted by atomic mass is 10.1. The van der Waals surface area contributed by atoms with Crippen molar-refractivity contribution in [2.45, 2.75) is 37.5 Å². The van der Waals surface area contributed by atoms with E-state index >= 15 is 0 Å². The van der Waals surface area contributed by atoms with Gasteiger partial charge in [-0.2, -0.15) is 0 Å². The molecule has 9 nitrogen and oxygen atoms in total. The number of halogens is 1. The lowest BCUT2D eigenvalue weighted by Gasteiger charge is -2.14. The van der Waals surface area contributed by atoms with Gasteiger partial charge in [-0.15, -0.1) is 0 Å². The molecule has 0 amide bonds. The predicted molar refractivity (Wildman–Crippen MR) is 124 cm³/mol. The lowest BCUT2D eigenvalue weighted by molar-refractivity contribution is -0.296. The molecule has 0 heterocycles. The summed E-state index contributed by atoms with van der Waals surface area (Å²) in [6, 6.07) is 16.9. The van der Waals surface area contributed by atoms with Crippen molar-refractivity contribution in [3.05, 3.63) is 94.5 Å². The zero-order chi connectivity index (χ0) is 27.0. The van der Waals surface area contributed by atoms with E-state index in [9.17, 15) is 40.6 Å². The molecule has 0 fully saturated rings. The fourth-order valence-corrected chi connectivity index (χ4v) is 4.35. The van der Waals surface area contributed by atoms with Gasteiger partial charge in [-0.25, -0.2) is 16.8 Å². The third-order valence-corrected chi connectivity index (χ3v) is 6.38. The monoisotopic (exact) mass is 646 g/mol. The Hall–Kier alpha value is -2.65. The van der Waals surface area contributed by atoms with Gasteiger partial charge in [0.2, 0.25) is 5.78 Å². The van der Waals surface area contributed by atoms with Crippen molar-refractivity contribution in [1.82, 2.24) is 0 Å². The van der Waals surface area contributed by atoms with Crippen molar-refractivity contribution >= 4 is 32.0 Å². The number of carbonyl (C=O) groups excluding carboxylic acids is 2. The van der Waals surface area contributed by atoms with Gasteiger partial charge in [-0.1, -0.05) is 65.7 Å². The number of Topliss-reactive ketones (excluding diaryl/α,β-unsaturated/α-hetero) is 1. The number of carbonyl (C=O) groups is 2. The third-order valence-electron chi connectivity index (χ3n) is 4.39. The Morgan fingerprint density at radius 2 is 1.11 bits per heavy atom. The molecule has 3 aromatic rings. The van der Waals surface area contributed by atoms with E-state index in [1.165, 1.54) is 24.3 Å². The molecule has 0 aliphatic carbocycles. The first-order chi connectivity index (χ1) is 16.0. The molecule has 0 saturated heterocycles. The Balaban J connectivity index is 0.000000506. The predicted octanol–water partition coefficient (Wildman–Crippen LogP) is -0.962. The van der Waals surface area contributed by atoms with Gasteiger partial charge in [0.1, 0.15) is 26.2 Å². The molecule has 196 valence electrons. The second-order valence-corrected chi connectivity index (χ2v) is 10.1. The smallest absolute Gasteiger partial charge is 0.208 e. The SMILES string of the molecule is Cc1cc(C)c(S(=O)(=O)[O-])c(C)c1.Cc1ccc(S(=O)(=O)[O-])cc1.O=C([O-])C(=O)c1ccccc1.[I-]. The molecule has 0 radical (unpaired) electrons. The van der Waals surface area contributed by atoms with Crippen molar-refractivity contribution in [2.75, 3.05) is 0 Å². The standard InChI is InChI=1S/C9H12O3S.C8H6O3.C7H8O3S.HI/c1-6-4-7(2)9(8(3)5-6)13(10,11)12;9-7(8(10)11)6-4-2-1-3-5-6;1-6-2-4-7(5-3-6)11(8,9)10;/h4-5H,1-3H3,(H,10,11,12);1-5H,(H,10,11);2-5H,1H3,(H,8,9,10);1H/p-4. The number of hydrogen-bond donors (Lipinski definition) is 0. The average Bonchev–Trinajstić information content (AvgIpc) is 2.72. The summed E-state index contributed by atoms with van der Waals surface area (Å²) in [6.07, 6.45) is 0. The van der Waals surface area contributed by atoms with Gasteiger partial charge in [0, 0.05) is 5.56 Å². The fraction of sp³-hybridized carbons (Fsp3) is 0.167. The van der Waals surface area contributed by atoms with Crippen molar-refractivity contribution in [1.29, 1.82) is 0 Å². The molecular weight excluding hydrogens is 623 g/mol. The van der Waals surface area contributed by atoms with Crippen LogP contribution in [0.5, 0.6) is 0 Å². The molecule has 0 aliphatic rings. The summed E-state index contributed by atoms with van der Waals surface area (Å²) in [7, 11) is -8.60. The quantitative estimate of drug-likeness (QED) is 0.150. The van der Waals surface area contributed by atoms with Crippen LogP contribution in [0.25, 0.3) is 0 Å². The van der Waals surface area contributed by atoms with Crippen molar-refractivity contribution in [3.63, 3.8) is 0 Å². The zero-order valence-electron chi connectivity index (χ0n) is 19.7. The normalized spacial score (nSPS) is 10.5. The second-order valence-electron chi connectivity index (χ2n) is 7.43. The highest BCUT2D eigenvalue weighted by Crippen LogP contribution is 2.20. The lowest BCUT2D eigenvalue weighted by Crippen LogP contribution is -3.00. The molecule has 0 unspecified atom stereocenters. The molecule has 0 aromatic heterocycles. The van der Waals surface area contributed by atoms with Crippen LogP contribution in [0.15, 0.2) is 76.5 Å². The number of hydrogen-bond acceptors (Lipinski definition) is 9. The number of benzene rings is 3. The van der Waals surface area contributed by atoms with Gasteiger partial charge in [0.05, 0.1) is 9.79 Å². The Kier molecular flexibility index (Phi) is 13.1. The maximum absolute atomic E-state index is 10.8. The van der Waals surface area contributed by atoms with Crippen molar-refractivity contribution in [3.8, 4) is 0 Å². The van der Waals surface area contributed by atoms with Gasteiger partial charge < -0.3 is 43.0 Å². The molecule has 12 heteroatoms. The fourth-order valence-electron chi connectivity index (χ4n) is 2.97. The van der Waals surface area contributed by atoms with Gasteiger partial charge in [0.25, 0.3) is 0 Å². The van der Waals surface area contributed by atoms with Crippen LogP contribution in [0.1, 0.15) is 32.6 Å². The Morgan fingerprint density at radius 1 is 0.667 bits per heavy atom. The van der Waals surface area contributed by atoms with E-state index in [2.05, 4.69) is 0 Å². The number of ketones is 1. The van der Waals surface area contributed by atoms with Crippen LogP contribution in [0.3, 0.4) is 0 Å². The van der Waals surface area contributed by atoms with Crippen LogP contribution >= 0.6 is 0 Å². The van der Waals surface area contributed by atoms with Crippen LogP contribution in [0.2, 0.25) is 0 Å². The summed E-state index contributed by atoms with van der Waals surface area (Å²) in [4.78, 5) is 20.5. The van der Waals surface area contributed by atoms with E-state index in [1.807, 2.05) is 13.8 Å². The molecule has 36 heavy (non-hydrogen) atoms. The summed E-state index contributed by atoms with van der Waals surface area (Å²) < 4.78 is 63.7. The molecule has 0 bridgehead atoms. The number of carboxylic acids is 1. The molecule has 3 aromatic carbocycles. The van der Waals surface area contributed by atoms with E-state index < -0.39 is 32.0 Å². The summed E-state index contributed by atoms with van der Waals surface area (Å²) in [5, 5.41) is 10.0. The average molecular weight is 646 g/mol. The van der Waals surface area contributed by atoms with Crippen molar-refractivity contribution < 1.29 is 64.6 Å². The first kappa shape index (κ1) is 33.4. The van der Waals surface area contributed by atoms with E-state index in [4.69, 9.17) is 0 Å². The molecule has 0 atom stereocenters. The number of aryl methyl sites for hydroxylation is 4. The number of aliphatic carboxylic acids is 1.